The van der Waals surface area contributed by atoms with Gasteiger partial charge in [-0.2, -0.15) is 18.2 Å². The van der Waals surface area contributed by atoms with E-state index in [2.05, 4.69) is 15.4 Å². The fraction of sp³-hybridized carbons (Fsp3) is 0.263. The topological polar surface area (TPSA) is 55.2 Å². The Kier molecular flexibility index (Phi) is 5.29. The molecule has 0 atom stereocenters. The Morgan fingerprint density at radius 2 is 1.60 bits per heavy atom. The number of aromatic nitrogens is 3. The molecule has 0 aliphatic carbocycles. The number of morpholine rings is 1. The van der Waals surface area contributed by atoms with Crippen molar-refractivity contribution >= 4 is 17.3 Å². The number of benzene rings is 2. The molecule has 1 aromatic heterocycles. The molecule has 1 aliphatic rings. The van der Waals surface area contributed by atoms with Crippen LogP contribution in [0.4, 0.5) is 39.3 Å². The summed E-state index contributed by atoms with van der Waals surface area (Å²) in [6.45, 7) is 1.79. The molecule has 2 heterocycles. The van der Waals surface area contributed by atoms with Crippen LogP contribution in [0, 0.1) is 11.6 Å². The van der Waals surface area contributed by atoms with Gasteiger partial charge in [0.2, 0.25) is 5.95 Å². The highest BCUT2D eigenvalue weighted by Crippen LogP contribution is 2.35. The smallest absolute Gasteiger partial charge is 0.378 e. The molecular formula is C19H16F5N5O. The second kappa shape index (κ2) is 7.90. The fourth-order valence-electron chi connectivity index (χ4n) is 3.10. The van der Waals surface area contributed by atoms with Gasteiger partial charge >= 0.3 is 6.18 Å². The molecule has 4 rings (SSSR count). The number of rotatable bonds is 4. The van der Waals surface area contributed by atoms with Crippen LogP contribution in [0.1, 0.15) is 5.56 Å². The van der Waals surface area contributed by atoms with Crippen LogP contribution in [0.15, 0.2) is 42.7 Å². The Morgan fingerprint density at radius 1 is 0.900 bits per heavy atom. The molecule has 3 aromatic rings. The van der Waals surface area contributed by atoms with Crippen molar-refractivity contribution in [3.8, 4) is 5.69 Å². The van der Waals surface area contributed by atoms with Crippen LogP contribution in [-0.2, 0) is 10.9 Å². The van der Waals surface area contributed by atoms with Crippen LogP contribution in [0.2, 0.25) is 0 Å². The maximum atomic E-state index is 13.4. The molecule has 158 valence electrons. The summed E-state index contributed by atoms with van der Waals surface area (Å²) in [6.07, 6.45) is -3.34. The van der Waals surface area contributed by atoms with Crippen LogP contribution in [0.5, 0.6) is 0 Å². The van der Waals surface area contributed by atoms with Crippen LogP contribution in [0.3, 0.4) is 0 Å². The third-order valence-corrected chi connectivity index (χ3v) is 4.48. The van der Waals surface area contributed by atoms with E-state index in [-0.39, 0.29) is 17.3 Å². The zero-order valence-corrected chi connectivity index (χ0v) is 15.5. The van der Waals surface area contributed by atoms with Crippen molar-refractivity contribution in [2.45, 2.75) is 6.18 Å². The second-order valence-corrected chi connectivity index (χ2v) is 6.63. The highest BCUT2D eigenvalue weighted by molar-refractivity contribution is 5.64. The summed E-state index contributed by atoms with van der Waals surface area (Å²) in [7, 11) is 0. The number of ether oxygens (including phenoxy) is 1. The minimum absolute atomic E-state index is 0.0214. The third kappa shape index (κ3) is 4.51. The molecule has 1 fully saturated rings. The largest absolute Gasteiger partial charge is 0.416 e. The molecule has 6 nitrogen and oxygen atoms in total. The van der Waals surface area contributed by atoms with Crippen molar-refractivity contribution < 1.29 is 26.7 Å². The lowest BCUT2D eigenvalue weighted by atomic mass is 10.1. The molecule has 2 aromatic carbocycles. The Bertz CT molecular complexity index is 1030. The average Bonchev–Trinajstić information content (AvgIpc) is 3.15. The zero-order chi connectivity index (χ0) is 21.3. The lowest BCUT2D eigenvalue weighted by molar-refractivity contribution is -0.137. The lowest BCUT2D eigenvalue weighted by Gasteiger charge is -2.29. The average molecular weight is 425 g/mol. The van der Waals surface area contributed by atoms with E-state index in [0.29, 0.717) is 32.0 Å². The third-order valence-electron chi connectivity index (χ3n) is 4.48. The van der Waals surface area contributed by atoms with Crippen molar-refractivity contribution in [2.75, 3.05) is 36.5 Å². The van der Waals surface area contributed by atoms with E-state index in [9.17, 15) is 22.0 Å². The molecule has 0 spiro atoms. The quantitative estimate of drug-likeness (QED) is 0.637. The van der Waals surface area contributed by atoms with E-state index in [0.717, 1.165) is 35.0 Å². The zero-order valence-electron chi connectivity index (χ0n) is 15.5. The molecule has 11 heteroatoms. The Balaban J connectivity index is 1.63. The fourth-order valence-corrected chi connectivity index (χ4v) is 3.10. The van der Waals surface area contributed by atoms with E-state index in [1.54, 1.807) is 11.0 Å². The van der Waals surface area contributed by atoms with Crippen LogP contribution in [-0.4, -0.2) is 41.1 Å². The first kappa shape index (κ1) is 20.1. The molecule has 1 aliphatic heterocycles. The Labute approximate surface area is 167 Å². The highest BCUT2D eigenvalue weighted by atomic mass is 19.4. The summed E-state index contributed by atoms with van der Waals surface area (Å²) in [5.41, 5.74) is -0.205. The first-order valence-electron chi connectivity index (χ1n) is 8.98. The summed E-state index contributed by atoms with van der Waals surface area (Å²) >= 11 is 0. The van der Waals surface area contributed by atoms with Gasteiger partial charge in [-0.3, -0.25) is 0 Å². The monoisotopic (exact) mass is 425 g/mol. The normalized spacial score (nSPS) is 14.8. The van der Waals surface area contributed by atoms with Crippen molar-refractivity contribution in [2.24, 2.45) is 0 Å². The number of nitrogens with zero attached hydrogens (tertiary/aromatic N) is 4. The molecule has 1 saturated heterocycles. The van der Waals surface area contributed by atoms with E-state index in [1.807, 2.05) is 0 Å². The minimum Gasteiger partial charge on any atom is -0.378 e. The highest BCUT2D eigenvalue weighted by Gasteiger charge is 2.32. The number of halogens is 5. The van der Waals surface area contributed by atoms with E-state index >= 15 is 0 Å². The van der Waals surface area contributed by atoms with Gasteiger partial charge in [0.25, 0.3) is 0 Å². The molecular weight excluding hydrogens is 409 g/mol. The number of hydrogen-bond donors (Lipinski definition) is 1. The first-order valence-corrected chi connectivity index (χ1v) is 8.98. The molecule has 0 radical (unpaired) electrons. The van der Waals surface area contributed by atoms with Crippen LogP contribution < -0.4 is 10.2 Å². The number of alkyl halides is 3. The number of hydrogen-bond acceptors (Lipinski definition) is 5. The van der Waals surface area contributed by atoms with Crippen LogP contribution in [0.25, 0.3) is 5.69 Å². The first-order chi connectivity index (χ1) is 14.3. The van der Waals surface area contributed by atoms with Crippen molar-refractivity contribution in [3.63, 3.8) is 0 Å². The summed E-state index contributed by atoms with van der Waals surface area (Å²) in [5, 5.41) is 6.77. The van der Waals surface area contributed by atoms with Crippen LogP contribution >= 0.6 is 0 Å². The molecule has 0 saturated carbocycles. The second-order valence-electron chi connectivity index (χ2n) is 6.63. The van der Waals surface area contributed by atoms with Gasteiger partial charge in [-0.1, -0.05) is 0 Å². The van der Waals surface area contributed by atoms with Crippen molar-refractivity contribution in [3.05, 3.63) is 59.9 Å². The van der Waals surface area contributed by atoms with Gasteiger partial charge in [-0.05, 0) is 30.3 Å². The predicted molar refractivity (Wildman–Crippen MR) is 99.0 cm³/mol. The summed E-state index contributed by atoms with van der Waals surface area (Å²) in [5.74, 6) is -1.60. The Hall–Kier alpha value is -3.21. The number of nitrogens with one attached hydrogen (secondary N) is 1. The lowest BCUT2D eigenvalue weighted by Crippen LogP contribution is -2.36. The van der Waals surface area contributed by atoms with Gasteiger partial charge in [0, 0.05) is 30.5 Å². The van der Waals surface area contributed by atoms with Gasteiger partial charge in [0.05, 0.1) is 24.5 Å². The molecule has 0 bridgehead atoms. The van der Waals surface area contributed by atoms with Gasteiger partial charge in [0.15, 0.2) is 0 Å². The maximum Gasteiger partial charge on any atom is 0.416 e. The minimum atomic E-state index is -4.54. The maximum absolute atomic E-state index is 13.4. The predicted octanol–water partition coefficient (Wildman–Crippen LogP) is 4.14. The van der Waals surface area contributed by atoms with Gasteiger partial charge in [-0.25, -0.2) is 13.5 Å². The van der Waals surface area contributed by atoms with Gasteiger partial charge in [-0.15, -0.1) is 5.10 Å². The van der Waals surface area contributed by atoms with E-state index in [4.69, 9.17) is 4.74 Å². The van der Waals surface area contributed by atoms with Gasteiger partial charge in [0.1, 0.15) is 18.0 Å². The standard InChI is InChI=1S/C19H16F5N5O/c20-13-7-14(21)9-17(8-13)29-11-25-18(27-29)26-15-5-12(19(22,23)24)6-16(10-15)28-1-3-30-4-2-28/h5-11H,1-4H2,(H,26,27). The molecule has 0 unspecified atom stereocenters. The molecule has 1 N–H and O–H groups in total. The Morgan fingerprint density at radius 3 is 2.27 bits per heavy atom. The number of anilines is 3. The SMILES string of the molecule is Fc1cc(F)cc(-n2cnc(Nc3cc(N4CCOCC4)cc(C(F)(F)F)c3)n2)c1. The van der Waals surface area contributed by atoms with E-state index < -0.39 is 23.4 Å². The van der Waals surface area contributed by atoms with Crippen molar-refractivity contribution in [1.82, 2.24) is 14.8 Å². The van der Waals surface area contributed by atoms with E-state index in [1.165, 1.54) is 6.33 Å². The summed E-state index contributed by atoms with van der Waals surface area (Å²) in [4.78, 5) is 5.76. The van der Waals surface area contributed by atoms with Crippen molar-refractivity contribution in [1.29, 1.82) is 0 Å². The molecule has 30 heavy (non-hydrogen) atoms. The van der Waals surface area contributed by atoms with Gasteiger partial charge < -0.3 is 15.0 Å². The summed E-state index contributed by atoms with van der Waals surface area (Å²) in [6, 6.07) is 6.42. The molecule has 0 amide bonds. The summed E-state index contributed by atoms with van der Waals surface area (Å²) < 4.78 is 73.3.